The molecule has 0 aromatic heterocycles. The molecule has 0 bridgehead atoms. The van der Waals surface area contributed by atoms with E-state index >= 15 is 0 Å². The van der Waals surface area contributed by atoms with E-state index in [2.05, 4.69) is 5.32 Å². The quantitative estimate of drug-likeness (QED) is 0.829. The molecule has 3 nitrogen and oxygen atoms in total. The van der Waals surface area contributed by atoms with Gasteiger partial charge in [0.1, 0.15) is 6.04 Å². The Bertz CT molecular complexity index is 335. The van der Waals surface area contributed by atoms with Gasteiger partial charge >= 0.3 is 0 Å². The van der Waals surface area contributed by atoms with E-state index in [1.54, 1.807) is 0 Å². The van der Waals surface area contributed by atoms with Crippen LogP contribution >= 0.6 is 0 Å². The van der Waals surface area contributed by atoms with E-state index in [4.69, 9.17) is 5.73 Å². The van der Waals surface area contributed by atoms with E-state index in [-0.39, 0.29) is 17.9 Å². The van der Waals surface area contributed by atoms with E-state index in [1.165, 1.54) is 0 Å². The molecule has 3 heteroatoms. The monoisotopic (exact) mass is 219 g/mol. The second-order valence-corrected chi connectivity index (χ2v) is 4.36. The van der Waals surface area contributed by atoms with Crippen LogP contribution in [0.4, 0.5) is 0 Å². The maximum Gasteiger partial charge on any atom is 0.239 e. The van der Waals surface area contributed by atoms with Crippen molar-refractivity contribution in [3.8, 4) is 0 Å². The lowest BCUT2D eigenvalue weighted by atomic mass is 10.0. The summed E-state index contributed by atoms with van der Waals surface area (Å²) in [6.45, 7) is 5.69. The number of carbonyl (C=O) groups is 1. The lowest BCUT2D eigenvalue weighted by Gasteiger charge is -2.19. The van der Waals surface area contributed by atoms with Crippen molar-refractivity contribution < 1.29 is 4.79 Å². The summed E-state index contributed by atoms with van der Waals surface area (Å²) in [4.78, 5) is 11.7. The molecule has 0 fully saturated rings. The number of benzene rings is 1. The highest BCUT2D eigenvalue weighted by atomic mass is 16.2. The van der Waals surface area contributed by atoms with E-state index in [0.717, 1.165) is 5.56 Å². The Morgan fingerprint density at radius 3 is 2.25 bits per heavy atom. The normalized spacial score (nSPS) is 14.6. The smallest absolute Gasteiger partial charge is 0.239 e. The zero-order chi connectivity index (χ0) is 12.1. The first-order valence-electron chi connectivity index (χ1n) is 5.58. The minimum Gasteiger partial charge on any atom is -0.348 e. The maximum atomic E-state index is 11.7. The van der Waals surface area contributed by atoms with Crippen LogP contribution in [-0.4, -0.2) is 11.9 Å². The highest BCUT2D eigenvalue weighted by Crippen LogP contribution is 2.12. The molecule has 2 N–H and O–H groups in total. The lowest BCUT2D eigenvalue weighted by Crippen LogP contribution is -2.39. The van der Waals surface area contributed by atoms with Gasteiger partial charge in [0.25, 0.3) is 0 Å². The SMILES string of the molecule is CC(NC(=O)C([NH])C(C)C)c1ccccc1. The van der Waals surface area contributed by atoms with Crippen molar-refractivity contribution in [2.24, 2.45) is 5.92 Å². The van der Waals surface area contributed by atoms with Crippen molar-refractivity contribution in [2.45, 2.75) is 32.9 Å². The number of nitrogens with one attached hydrogen (secondary N) is 2. The fourth-order valence-electron chi connectivity index (χ4n) is 1.43. The second kappa shape index (κ2) is 5.66. The van der Waals surface area contributed by atoms with Crippen LogP contribution in [-0.2, 0) is 4.79 Å². The largest absolute Gasteiger partial charge is 0.348 e. The summed E-state index contributed by atoms with van der Waals surface area (Å²) in [5, 5.41) is 2.85. The molecule has 1 aromatic carbocycles. The van der Waals surface area contributed by atoms with Gasteiger partial charge in [-0.2, -0.15) is 0 Å². The Hall–Kier alpha value is -1.35. The minimum absolute atomic E-state index is 0.0414. The molecule has 0 spiro atoms. The third-order valence-electron chi connectivity index (χ3n) is 2.61. The Balaban J connectivity index is 2.58. The summed E-state index contributed by atoms with van der Waals surface area (Å²) in [6.07, 6.45) is 0. The summed E-state index contributed by atoms with van der Waals surface area (Å²) in [7, 11) is 0. The molecule has 1 aromatic rings. The predicted octanol–water partition coefficient (Wildman–Crippen LogP) is 2.17. The average Bonchev–Trinajstić information content (AvgIpc) is 2.28. The van der Waals surface area contributed by atoms with Crippen molar-refractivity contribution in [3.63, 3.8) is 0 Å². The highest BCUT2D eigenvalue weighted by molar-refractivity contribution is 5.82. The highest BCUT2D eigenvalue weighted by Gasteiger charge is 2.19. The predicted molar refractivity (Wildman–Crippen MR) is 64.7 cm³/mol. The summed E-state index contributed by atoms with van der Waals surface area (Å²) in [6, 6.07) is 9.04. The number of hydrogen-bond acceptors (Lipinski definition) is 1. The Kier molecular flexibility index (Phi) is 4.50. The molecule has 2 atom stereocenters. The summed E-state index contributed by atoms with van der Waals surface area (Å²) in [5.41, 5.74) is 8.74. The zero-order valence-electron chi connectivity index (χ0n) is 10.0. The molecule has 0 heterocycles. The van der Waals surface area contributed by atoms with Crippen molar-refractivity contribution >= 4 is 5.91 Å². The number of amides is 1. The van der Waals surface area contributed by atoms with Crippen LogP contribution in [0.3, 0.4) is 0 Å². The molecule has 2 unspecified atom stereocenters. The first-order chi connectivity index (χ1) is 7.52. The second-order valence-electron chi connectivity index (χ2n) is 4.36. The van der Waals surface area contributed by atoms with Gasteiger partial charge in [-0.3, -0.25) is 4.79 Å². The topological polar surface area (TPSA) is 52.9 Å². The summed E-state index contributed by atoms with van der Waals surface area (Å²) < 4.78 is 0. The fourth-order valence-corrected chi connectivity index (χ4v) is 1.43. The van der Waals surface area contributed by atoms with Gasteiger partial charge in [0, 0.05) is 0 Å². The van der Waals surface area contributed by atoms with Gasteiger partial charge in [-0.15, -0.1) is 0 Å². The first-order valence-corrected chi connectivity index (χ1v) is 5.58. The van der Waals surface area contributed by atoms with Crippen molar-refractivity contribution in [1.82, 2.24) is 11.1 Å². The Labute approximate surface area is 97.0 Å². The maximum absolute atomic E-state index is 11.7. The van der Waals surface area contributed by atoms with Gasteiger partial charge in [-0.1, -0.05) is 44.2 Å². The van der Waals surface area contributed by atoms with Gasteiger partial charge < -0.3 is 5.32 Å². The van der Waals surface area contributed by atoms with E-state index in [9.17, 15) is 4.79 Å². The molecular formula is C13H19N2O. The van der Waals surface area contributed by atoms with Gasteiger partial charge in [-0.25, -0.2) is 5.73 Å². The summed E-state index contributed by atoms with van der Waals surface area (Å²) >= 11 is 0. The molecule has 0 aliphatic rings. The molecule has 1 rings (SSSR count). The Morgan fingerprint density at radius 2 is 1.75 bits per heavy atom. The van der Waals surface area contributed by atoms with Gasteiger partial charge in [-0.05, 0) is 18.4 Å². The molecule has 0 saturated heterocycles. The third-order valence-corrected chi connectivity index (χ3v) is 2.61. The van der Waals surface area contributed by atoms with Crippen LogP contribution in [0.15, 0.2) is 30.3 Å². The molecule has 0 aliphatic carbocycles. The Morgan fingerprint density at radius 1 is 1.19 bits per heavy atom. The number of hydrogen-bond donors (Lipinski definition) is 1. The lowest BCUT2D eigenvalue weighted by molar-refractivity contribution is -0.124. The van der Waals surface area contributed by atoms with E-state index < -0.39 is 6.04 Å². The van der Waals surface area contributed by atoms with Gasteiger partial charge in [0.2, 0.25) is 5.91 Å². The van der Waals surface area contributed by atoms with Crippen LogP contribution in [0.2, 0.25) is 0 Å². The average molecular weight is 219 g/mol. The first kappa shape index (κ1) is 12.7. The molecule has 16 heavy (non-hydrogen) atoms. The standard InChI is InChI=1S/C13H19N2O/c1-9(2)12(14)13(16)15-10(3)11-7-5-4-6-8-11/h4-10,12,14H,1-3H3,(H,15,16). The number of rotatable bonds is 4. The molecule has 0 saturated carbocycles. The third kappa shape index (κ3) is 3.35. The molecule has 0 aliphatic heterocycles. The molecular weight excluding hydrogens is 200 g/mol. The van der Waals surface area contributed by atoms with E-state index in [0.29, 0.717) is 0 Å². The zero-order valence-corrected chi connectivity index (χ0v) is 10.0. The van der Waals surface area contributed by atoms with Gasteiger partial charge in [0.05, 0.1) is 6.04 Å². The molecule has 1 amide bonds. The van der Waals surface area contributed by atoms with Crippen molar-refractivity contribution in [3.05, 3.63) is 35.9 Å². The number of carbonyl (C=O) groups excluding carboxylic acids is 1. The van der Waals surface area contributed by atoms with Gasteiger partial charge in [0.15, 0.2) is 0 Å². The molecule has 1 radical (unpaired) electrons. The van der Waals surface area contributed by atoms with Crippen molar-refractivity contribution in [1.29, 1.82) is 0 Å². The van der Waals surface area contributed by atoms with Crippen LogP contribution in [0.5, 0.6) is 0 Å². The van der Waals surface area contributed by atoms with Crippen LogP contribution in [0, 0.1) is 5.92 Å². The molecule has 87 valence electrons. The van der Waals surface area contributed by atoms with Crippen molar-refractivity contribution in [2.75, 3.05) is 0 Å². The van der Waals surface area contributed by atoms with Crippen LogP contribution in [0.25, 0.3) is 0 Å². The minimum atomic E-state index is -0.689. The van der Waals surface area contributed by atoms with Crippen LogP contribution in [0.1, 0.15) is 32.4 Å². The van der Waals surface area contributed by atoms with E-state index in [1.807, 2.05) is 51.1 Å². The fraction of sp³-hybridized carbons (Fsp3) is 0.462. The van der Waals surface area contributed by atoms with Crippen LogP contribution < -0.4 is 11.1 Å². The summed E-state index contributed by atoms with van der Waals surface area (Å²) in [5.74, 6) is -0.158.